The van der Waals surface area contributed by atoms with Crippen molar-refractivity contribution in [2.75, 3.05) is 26.4 Å². The van der Waals surface area contributed by atoms with Crippen LogP contribution in [0.1, 0.15) is 41.0 Å². The molecule has 3 unspecified atom stereocenters. The number of rotatable bonds is 6. The third kappa shape index (κ3) is 4.50. The zero-order valence-electron chi connectivity index (χ0n) is 12.6. The Bertz CT molecular complexity index is 248. The van der Waals surface area contributed by atoms with Gasteiger partial charge in [-0.15, -0.1) is 0 Å². The van der Waals surface area contributed by atoms with Crippen LogP contribution in [-0.2, 0) is 4.74 Å². The fraction of sp³-hybridized carbons (Fsp3) is 1.00. The maximum Gasteiger partial charge on any atom is 0.0619 e. The summed E-state index contributed by atoms with van der Waals surface area (Å²) in [4.78, 5) is 2.49. The predicted molar refractivity (Wildman–Crippen MR) is 74.8 cm³/mol. The average molecular weight is 258 g/mol. The van der Waals surface area contributed by atoms with Gasteiger partial charge >= 0.3 is 0 Å². The van der Waals surface area contributed by atoms with Gasteiger partial charge in [-0.05, 0) is 27.2 Å². The standard InChI is InChI=1S/C14H30N2O2/c1-11(2)15-14(5,10-17)8-12(3)16-6-7-18-9-13(16)4/h11-13,15,17H,6-10H2,1-5H3. The van der Waals surface area contributed by atoms with Crippen molar-refractivity contribution in [2.24, 2.45) is 0 Å². The van der Waals surface area contributed by atoms with Gasteiger partial charge < -0.3 is 15.2 Å². The van der Waals surface area contributed by atoms with Crippen LogP contribution in [0.5, 0.6) is 0 Å². The van der Waals surface area contributed by atoms with Crippen molar-refractivity contribution in [1.29, 1.82) is 0 Å². The Balaban J connectivity index is 2.57. The first kappa shape index (κ1) is 15.9. The normalized spacial score (nSPS) is 27.2. The predicted octanol–water partition coefficient (Wildman–Crippen LogP) is 1.23. The van der Waals surface area contributed by atoms with Gasteiger partial charge in [-0.1, -0.05) is 13.8 Å². The number of morpholine rings is 1. The molecule has 1 heterocycles. The lowest BCUT2D eigenvalue weighted by molar-refractivity contribution is -0.0273. The molecule has 2 N–H and O–H groups in total. The van der Waals surface area contributed by atoms with E-state index < -0.39 is 0 Å². The maximum absolute atomic E-state index is 9.64. The molecule has 4 heteroatoms. The molecule has 0 radical (unpaired) electrons. The molecule has 0 spiro atoms. The van der Waals surface area contributed by atoms with Gasteiger partial charge in [0, 0.05) is 30.2 Å². The summed E-state index contributed by atoms with van der Waals surface area (Å²) in [5.74, 6) is 0. The molecule has 1 aliphatic rings. The van der Waals surface area contributed by atoms with Crippen LogP contribution in [-0.4, -0.2) is 60.0 Å². The van der Waals surface area contributed by atoms with Crippen LogP contribution < -0.4 is 5.32 Å². The summed E-state index contributed by atoms with van der Waals surface area (Å²) in [6.07, 6.45) is 0.950. The topological polar surface area (TPSA) is 44.7 Å². The van der Waals surface area contributed by atoms with Gasteiger partial charge in [-0.3, -0.25) is 4.90 Å². The fourth-order valence-corrected chi connectivity index (χ4v) is 3.03. The minimum absolute atomic E-state index is 0.175. The second-order valence-electron chi connectivity index (χ2n) is 6.23. The maximum atomic E-state index is 9.64. The van der Waals surface area contributed by atoms with Crippen LogP contribution in [0.2, 0.25) is 0 Å². The van der Waals surface area contributed by atoms with Crippen LogP contribution in [0.25, 0.3) is 0 Å². The highest BCUT2D eigenvalue weighted by atomic mass is 16.5. The largest absolute Gasteiger partial charge is 0.394 e. The third-order valence-electron chi connectivity index (χ3n) is 3.72. The molecule has 108 valence electrons. The van der Waals surface area contributed by atoms with Crippen molar-refractivity contribution >= 4 is 0 Å². The molecule has 1 rings (SSSR count). The molecule has 1 fully saturated rings. The van der Waals surface area contributed by atoms with Gasteiger partial charge in [0.1, 0.15) is 0 Å². The number of aliphatic hydroxyl groups is 1. The highest BCUT2D eigenvalue weighted by Crippen LogP contribution is 2.20. The Kier molecular flexibility index (Phi) is 6.05. The van der Waals surface area contributed by atoms with E-state index in [2.05, 4.69) is 44.8 Å². The highest BCUT2D eigenvalue weighted by Gasteiger charge is 2.31. The summed E-state index contributed by atoms with van der Waals surface area (Å²) >= 11 is 0. The van der Waals surface area contributed by atoms with Crippen molar-refractivity contribution in [1.82, 2.24) is 10.2 Å². The molecule has 4 nitrogen and oxygen atoms in total. The molecule has 0 saturated carbocycles. The molecule has 0 bridgehead atoms. The van der Waals surface area contributed by atoms with Crippen LogP contribution in [0.3, 0.4) is 0 Å². The van der Waals surface area contributed by atoms with Crippen molar-refractivity contribution in [3.63, 3.8) is 0 Å². The van der Waals surface area contributed by atoms with Crippen LogP contribution >= 0.6 is 0 Å². The lowest BCUT2D eigenvalue weighted by atomic mass is 9.92. The van der Waals surface area contributed by atoms with Gasteiger partial charge in [0.2, 0.25) is 0 Å². The molecular weight excluding hydrogens is 228 g/mol. The van der Waals surface area contributed by atoms with Crippen LogP contribution in [0, 0.1) is 0 Å². The molecular formula is C14H30N2O2. The fourth-order valence-electron chi connectivity index (χ4n) is 3.03. The second kappa shape index (κ2) is 6.85. The van der Waals surface area contributed by atoms with Gasteiger partial charge in [0.05, 0.1) is 19.8 Å². The van der Waals surface area contributed by atoms with Crippen LogP contribution in [0.4, 0.5) is 0 Å². The monoisotopic (exact) mass is 258 g/mol. The number of hydrogen-bond acceptors (Lipinski definition) is 4. The smallest absolute Gasteiger partial charge is 0.0619 e. The molecule has 0 aromatic heterocycles. The molecule has 0 aromatic rings. The van der Waals surface area contributed by atoms with E-state index in [0.29, 0.717) is 18.1 Å². The Morgan fingerprint density at radius 3 is 2.61 bits per heavy atom. The van der Waals surface area contributed by atoms with Crippen molar-refractivity contribution in [3.05, 3.63) is 0 Å². The van der Waals surface area contributed by atoms with E-state index in [0.717, 1.165) is 26.2 Å². The molecule has 18 heavy (non-hydrogen) atoms. The van der Waals surface area contributed by atoms with Crippen molar-refractivity contribution in [3.8, 4) is 0 Å². The SMILES string of the molecule is CC(C)NC(C)(CO)CC(C)N1CCOCC1C. The first-order valence-electron chi connectivity index (χ1n) is 7.10. The average Bonchev–Trinajstić information content (AvgIpc) is 2.28. The number of aliphatic hydroxyl groups excluding tert-OH is 1. The minimum Gasteiger partial charge on any atom is -0.394 e. The summed E-state index contributed by atoms with van der Waals surface area (Å²) in [5.41, 5.74) is -0.203. The van der Waals surface area contributed by atoms with Crippen molar-refractivity contribution < 1.29 is 9.84 Å². The van der Waals surface area contributed by atoms with E-state index in [4.69, 9.17) is 4.74 Å². The summed E-state index contributed by atoms with van der Waals surface area (Å²) in [7, 11) is 0. The number of nitrogens with one attached hydrogen (secondary N) is 1. The van der Waals surface area contributed by atoms with Gasteiger partial charge in [-0.2, -0.15) is 0 Å². The zero-order valence-corrected chi connectivity index (χ0v) is 12.6. The lowest BCUT2D eigenvalue weighted by Crippen LogP contribution is -2.55. The summed E-state index contributed by atoms with van der Waals surface area (Å²) in [5, 5.41) is 13.1. The minimum atomic E-state index is -0.203. The molecule has 0 amide bonds. The summed E-state index contributed by atoms with van der Waals surface area (Å²) < 4.78 is 5.48. The zero-order chi connectivity index (χ0) is 13.8. The number of ether oxygens (including phenoxy) is 1. The molecule has 1 saturated heterocycles. The first-order valence-corrected chi connectivity index (χ1v) is 7.10. The van der Waals surface area contributed by atoms with Gasteiger partial charge in [0.15, 0.2) is 0 Å². The third-order valence-corrected chi connectivity index (χ3v) is 3.72. The molecule has 3 atom stereocenters. The Morgan fingerprint density at radius 2 is 2.11 bits per heavy atom. The lowest BCUT2D eigenvalue weighted by Gasteiger charge is -2.42. The van der Waals surface area contributed by atoms with E-state index in [1.807, 2.05) is 0 Å². The van der Waals surface area contributed by atoms with Gasteiger partial charge in [0.25, 0.3) is 0 Å². The van der Waals surface area contributed by atoms with E-state index in [9.17, 15) is 5.11 Å². The molecule has 0 aliphatic carbocycles. The van der Waals surface area contributed by atoms with E-state index in [-0.39, 0.29) is 12.1 Å². The number of hydrogen-bond donors (Lipinski definition) is 2. The Morgan fingerprint density at radius 1 is 1.44 bits per heavy atom. The van der Waals surface area contributed by atoms with Crippen LogP contribution in [0.15, 0.2) is 0 Å². The van der Waals surface area contributed by atoms with E-state index in [1.54, 1.807) is 0 Å². The van der Waals surface area contributed by atoms with E-state index >= 15 is 0 Å². The molecule has 0 aromatic carbocycles. The molecule has 1 aliphatic heterocycles. The second-order valence-corrected chi connectivity index (χ2v) is 6.23. The van der Waals surface area contributed by atoms with E-state index in [1.165, 1.54) is 0 Å². The highest BCUT2D eigenvalue weighted by molar-refractivity contribution is 4.90. The first-order chi connectivity index (χ1) is 8.38. The number of nitrogens with zero attached hydrogens (tertiary/aromatic N) is 1. The van der Waals surface area contributed by atoms with Crippen molar-refractivity contribution in [2.45, 2.75) is 64.7 Å². The Labute approximate surface area is 112 Å². The summed E-state index contributed by atoms with van der Waals surface area (Å²) in [6, 6.07) is 1.31. The van der Waals surface area contributed by atoms with Gasteiger partial charge in [-0.25, -0.2) is 0 Å². The summed E-state index contributed by atoms with van der Waals surface area (Å²) in [6.45, 7) is 13.6. The quantitative estimate of drug-likeness (QED) is 0.752. The Hall–Kier alpha value is -0.160.